The molecule has 1 aromatic heterocycles. The molecule has 1 fully saturated rings. The molecule has 1 aromatic carbocycles. The Morgan fingerprint density at radius 3 is 2.76 bits per heavy atom. The monoisotopic (exact) mass is 362 g/mol. The quantitative estimate of drug-likeness (QED) is 0.814. The van der Waals surface area contributed by atoms with Crippen LogP contribution in [0.4, 0.5) is 0 Å². The summed E-state index contributed by atoms with van der Waals surface area (Å²) in [6.07, 6.45) is 3.84. The fourth-order valence-corrected chi connectivity index (χ4v) is 3.69. The summed E-state index contributed by atoms with van der Waals surface area (Å²) in [5.74, 6) is 0.301. The van der Waals surface area contributed by atoms with Gasteiger partial charge in [0.25, 0.3) is 0 Å². The zero-order chi connectivity index (χ0) is 17.6. The van der Waals surface area contributed by atoms with Gasteiger partial charge in [0.05, 0.1) is 7.11 Å². The van der Waals surface area contributed by atoms with Crippen LogP contribution in [-0.2, 0) is 0 Å². The summed E-state index contributed by atoms with van der Waals surface area (Å²) < 4.78 is 11.3. The van der Waals surface area contributed by atoms with Crippen molar-refractivity contribution in [2.24, 2.45) is 0 Å². The first-order chi connectivity index (χ1) is 12.2. The molecule has 0 atom stereocenters. The standard InChI is InChI=1S/C18H22N2O4S/c1-23-15-6-5-13(17-19-14(12-25-17)18(21)22)11-16(15)24-10-9-20-7-3-2-4-8-20/h5-6,11-12H,2-4,7-10H2,1H3,(H,21,22). The van der Waals surface area contributed by atoms with Crippen LogP contribution < -0.4 is 9.47 Å². The lowest BCUT2D eigenvalue weighted by Crippen LogP contribution is -2.33. The molecule has 134 valence electrons. The Balaban J connectivity index is 1.69. The second kappa shape index (κ2) is 8.31. The van der Waals surface area contributed by atoms with E-state index >= 15 is 0 Å². The molecule has 0 saturated carbocycles. The maximum absolute atomic E-state index is 11.0. The molecule has 0 spiro atoms. The van der Waals surface area contributed by atoms with Crippen LogP contribution in [0.3, 0.4) is 0 Å². The van der Waals surface area contributed by atoms with Gasteiger partial charge >= 0.3 is 5.97 Å². The molecular formula is C18H22N2O4S. The number of methoxy groups -OCH3 is 1. The summed E-state index contributed by atoms with van der Waals surface area (Å²) in [5, 5.41) is 11.2. The molecule has 0 unspecified atom stereocenters. The van der Waals surface area contributed by atoms with Crippen molar-refractivity contribution in [3.63, 3.8) is 0 Å². The molecule has 0 aliphatic carbocycles. The van der Waals surface area contributed by atoms with Crippen molar-refractivity contribution in [3.8, 4) is 22.1 Å². The van der Waals surface area contributed by atoms with E-state index in [1.807, 2.05) is 18.2 Å². The zero-order valence-corrected chi connectivity index (χ0v) is 15.1. The third-order valence-corrected chi connectivity index (χ3v) is 5.14. The molecule has 1 aliphatic heterocycles. The number of piperidine rings is 1. The SMILES string of the molecule is COc1ccc(-c2nc(C(=O)O)cs2)cc1OCCN1CCCCC1. The van der Waals surface area contributed by atoms with Gasteiger partial charge in [-0.15, -0.1) is 11.3 Å². The van der Waals surface area contributed by atoms with Gasteiger partial charge in [-0.1, -0.05) is 6.42 Å². The fraction of sp³-hybridized carbons (Fsp3) is 0.444. The van der Waals surface area contributed by atoms with E-state index in [1.54, 1.807) is 12.5 Å². The van der Waals surface area contributed by atoms with Crippen LogP contribution in [0.15, 0.2) is 23.6 Å². The van der Waals surface area contributed by atoms with Crippen LogP contribution in [0.25, 0.3) is 10.6 Å². The van der Waals surface area contributed by atoms with E-state index in [9.17, 15) is 4.79 Å². The predicted octanol–water partition coefficient (Wildman–Crippen LogP) is 3.38. The van der Waals surface area contributed by atoms with Gasteiger partial charge < -0.3 is 14.6 Å². The number of thiazole rings is 1. The number of carbonyl (C=O) groups is 1. The third-order valence-electron chi connectivity index (χ3n) is 4.25. The van der Waals surface area contributed by atoms with E-state index in [2.05, 4.69) is 9.88 Å². The zero-order valence-electron chi connectivity index (χ0n) is 14.2. The number of hydrogen-bond acceptors (Lipinski definition) is 6. The number of aromatic carboxylic acids is 1. The Morgan fingerprint density at radius 1 is 1.28 bits per heavy atom. The highest BCUT2D eigenvalue weighted by molar-refractivity contribution is 7.13. The summed E-state index contributed by atoms with van der Waals surface area (Å²) in [6.45, 7) is 3.76. The Kier molecular flexibility index (Phi) is 5.88. The minimum absolute atomic E-state index is 0.0587. The Bertz CT molecular complexity index is 726. The van der Waals surface area contributed by atoms with Gasteiger partial charge in [-0.2, -0.15) is 0 Å². The highest BCUT2D eigenvalue weighted by Gasteiger charge is 2.14. The molecule has 0 radical (unpaired) electrons. The molecule has 2 aromatic rings. The van der Waals surface area contributed by atoms with Crippen molar-refractivity contribution in [1.29, 1.82) is 0 Å². The number of carboxylic acids is 1. The van der Waals surface area contributed by atoms with Crippen molar-refractivity contribution < 1.29 is 19.4 Å². The smallest absolute Gasteiger partial charge is 0.355 e. The van der Waals surface area contributed by atoms with Gasteiger partial charge in [0.1, 0.15) is 11.6 Å². The van der Waals surface area contributed by atoms with Crippen molar-refractivity contribution in [1.82, 2.24) is 9.88 Å². The van der Waals surface area contributed by atoms with Gasteiger partial charge in [-0.05, 0) is 44.1 Å². The second-order valence-electron chi connectivity index (χ2n) is 5.96. The van der Waals surface area contributed by atoms with E-state index in [0.717, 1.165) is 25.2 Å². The maximum Gasteiger partial charge on any atom is 0.355 e. The summed E-state index contributed by atoms with van der Waals surface area (Å²) in [6, 6.07) is 5.55. The van der Waals surface area contributed by atoms with Crippen LogP contribution in [0.2, 0.25) is 0 Å². The van der Waals surface area contributed by atoms with Gasteiger partial charge in [0.2, 0.25) is 0 Å². The fourth-order valence-electron chi connectivity index (χ4n) is 2.89. The van der Waals surface area contributed by atoms with Gasteiger partial charge in [-0.3, -0.25) is 4.90 Å². The molecule has 0 bridgehead atoms. The van der Waals surface area contributed by atoms with Crippen molar-refractivity contribution in [3.05, 3.63) is 29.3 Å². The number of likely N-dealkylation sites (tertiary alicyclic amines) is 1. The molecule has 1 N–H and O–H groups in total. The summed E-state index contributed by atoms with van der Waals surface area (Å²) in [4.78, 5) is 17.6. The Hall–Kier alpha value is -2.12. The second-order valence-corrected chi connectivity index (χ2v) is 6.82. The van der Waals surface area contributed by atoms with E-state index in [4.69, 9.17) is 14.6 Å². The van der Waals surface area contributed by atoms with E-state index in [-0.39, 0.29) is 5.69 Å². The summed E-state index contributed by atoms with van der Waals surface area (Å²) >= 11 is 1.30. The average Bonchev–Trinajstić information content (AvgIpc) is 3.13. The average molecular weight is 362 g/mol. The first-order valence-electron chi connectivity index (χ1n) is 8.40. The van der Waals surface area contributed by atoms with Gasteiger partial charge in [-0.25, -0.2) is 9.78 Å². The van der Waals surface area contributed by atoms with Crippen LogP contribution in [0, 0.1) is 0 Å². The first kappa shape index (κ1) is 17.7. The molecule has 1 aliphatic rings. The van der Waals surface area contributed by atoms with E-state index < -0.39 is 5.97 Å². The highest BCUT2D eigenvalue weighted by Crippen LogP contribution is 2.33. The lowest BCUT2D eigenvalue weighted by atomic mass is 10.1. The molecule has 3 rings (SSSR count). The largest absolute Gasteiger partial charge is 0.493 e. The van der Waals surface area contributed by atoms with Crippen molar-refractivity contribution in [2.75, 3.05) is 33.4 Å². The normalized spacial score (nSPS) is 15.1. The minimum Gasteiger partial charge on any atom is -0.493 e. The van der Waals surface area contributed by atoms with Crippen LogP contribution in [-0.4, -0.2) is 54.3 Å². The molecule has 0 amide bonds. The number of hydrogen-bond donors (Lipinski definition) is 1. The molecule has 2 heterocycles. The topological polar surface area (TPSA) is 71.9 Å². The number of carboxylic acid groups (broad SMARTS) is 1. The summed E-state index contributed by atoms with van der Waals surface area (Å²) in [7, 11) is 1.61. The molecular weight excluding hydrogens is 340 g/mol. The molecule has 7 heteroatoms. The third kappa shape index (κ3) is 4.49. The van der Waals surface area contributed by atoms with Crippen molar-refractivity contribution in [2.45, 2.75) is 19.3 Å². The number of ether oxygens (including phenoxy) is 2. The highest BCUT2D eigenvalue weighted by atomic mass is 32.1. The van der Waals surface area contributed by atoms with E-state index in [0.29, 0.717) is 23.1 Å². The molecule has 1 saturated heterocycles. The van der Waals surface area contributed by atoms with Crippen LogP contribution in [0.5, 0.6) is 11.5 Å². The van der Waals surface area contributed by atoms with E-state index in [1.165, 1.54) is 30.6 Å². The predicted molar refractivity (Wildman–Crippen MR) is 96.8 cm³/mol. The van der Waals surface area contributed by atoms with Crippen molar-refractivity contribution >= 4 is 17.3 Å². The van der Waals surface area contributed by atoms with Gasteiger partial charge in [0.15, 0.2) is 17.2 Å². The number of nitrogens with zero attached hydrogens (tertiary/aromatic N) is 2. The lowest BCUT2D eigenvalue weighted by Gasteiger charge is -2.26. The maximum atomic E-state index is 11.0. The summed E-state index contributed by atoms with van der Waals surface area (Å²) in [5.41, 5.74) is 0.884. The lowest BCUT2D eigenvalue weighted by molar-refractivity contribution is 0.0691. The number of benzene rings is 1. The number of aromatic nitrogens is 1. The van der Waals surface area contributed by atoms with Crippen LogP contribution in [0.1, 0.15) is 29.8 Å². The number of rotatable bonds is 7. The Labute approximate surface area is 151 Å². The minimum atomic E-state index is -1.02. The van der Waals surface area contributed by atoms with Crippen LogP contribution >= 0.6 is 11.3 Å². The Morgan fingerprint density at radius 2 is 2.08 bits per heavy atom. The first-order valence-corrected chi connectivity index (χ1v) is 9.27. The van der Waals surface area contributed by atoms with Gasteiger partial charge in [0, 0.05) is 17.5 Å². The molecule has 25 heavy (non-hydrogen) atoms. The molecule has 6 nitrogen and oxygen atoms in total.